The van der Waals surface area contributed by atoms with Gasteiger partial charge in [-0.25, -0.2) is 4.79 Å². The number of aryl methyl sites for hydroxylation is 2. The van der Waals surface area contributed by atoms with Gasteiger partial charge in [0.05, 0.1) is 16.4 Å². The van der Waals surface area contributed by atoms with Gasteiger partial charge in [0, 0.05) is 18.8 Å². The molecule has 6 nitrogen and oxygen atoms in total. The minimum atomic E-state index is -1.07. The van der Waals surface area contributed by atoms with E-state index in [0.29, 0.717) is 22.8 Å². The summed E-state index contributed by atoms with van der Waals surface area (Å²) in [6.07, 6.45) is 0.714. The van der Waals surface area contributed by atoms with Crippen LogP contribution in [0.15, 0.2) is 18.2 Å². The molecule has 1 heterocycles. The lowest BCUT2D eigenvalue weighted by Gasteiger charge is -2.10. The number of nitrogens with zero attached hydrogens (tertiary/aromatic N) is 2. The molecule has 3 N–H and O–H groups in total. The molecule has 0 saturated heterocycles. The standard InChI is InChI=1S/C14H16ClN3O3/c1-3-10-13(15)11(18(2)17-10)7-21-12-6-8(16)4-5-9(12)14(19)20/h4-6H,3,7,16H2,1-2H3,(H,19,20). The molecule has 0 aliphatic carbocycles. The van der Waals surface area contributed by atoms with Gasteiger partial charge in [0.15, 0.2) is 0 Å². The number of ether oxygens (including phenoxy) is 1. The molecule has 0 fully saturated rings. The molecule has 2 rings (SSSR count). The molecule has 0 aliphatic rings. The average Bonchev–Trinajstić information content (AvgIpc) is 2.71. The second-order valence-corrected chi connectivity index (χ2v) is 4.91. The van der Waals surface area contributed by atoms with Crippen molar-refractivity contribution in [3.63, 3.8) is 0 Å². The molecule has 21 heavy (non-hydrogen) atoms. The number of carboxylic acid groups (broad SMARTS) is 1. The maximum Gasteiger partial charge on any atom is 0.339 e. The molecule has 7 heteroatoms. The van der Waals surface area contributed by atoms with Crippen molar-refractivity contribution in [1.82, 2.24) is 9.78 Å². The summed E-state index contributed by atoms with van der Waals surface area (Å²) in [5, 5.41) is 14.0. The molecule has 0 aliphatic heterocycles. The zero-order valence-electron chi connectivity index (χ0n) is 11.8. The third kappa shape index (κ3) is 3.11. The number of hydrogen-bond donors (Lipinski definition) is 2. The number of anilines is 1. The minimum absolute atomic E-state index is 0.0539. The number of benzene rings is 1. The highest BCUT2D eigenvalue weighted by molar-refractivity contribution is 6.31. The first-order valence-corrected chi connectivity index (χ1v) is 6.77. The lowest BCUT2D eigenvalue weighted by molar-refractivity contribution is 0.0691. The van der Waals surface area contributed by atoms with E-state index in [4.69, 9.17) is 27.2 Å². The van der Waals surface area contributed by atoms with Crippen molar-refractivity contribution in [3.05, 3.63) is 40.2 Å². The van der Waals surface area contributed by atoms with Crippen molar-refractivity contribution in [2.24, 2.45) is 7.05 Å². The monoisotopic (exact) mass is 309 g/mol. The van der Waals surface area contributed by atoms with Crippen LogP contribution < -0.4 is 10.5 Å². The summed E-state index contributed by atoms with van der Waals surface area (Å²) in [7, 11) is 1.77. The highest BCUT2D eigenvalue weighted by atomic mass is 35.5. The number of aromatic nitrogens is 2. The van der Waals surface area contributed by atoms with Crippen molar-refractivity contribution in [1.29, 1.82) is 0 Å². The summed E-state index contributed by atoms with van der Waals surface area (Å²) in [6, 6.07) is 4.41. The molecule has 0 atom stereocenters. The Labute approximate surface area is 127 Å². The van der Waals surface area contributed by atoms with E-state index < -0.39 is 5.97 Å². The first-order chi connectivity index (χ1) is 9.93. The Kier molecular flexibility index (Phi) is 4.37. The van der Waals surface area contributed by atoms with Gasteiger partial charge < -0.3 is 15.6 Å². The van der Waals surface area contributed by atoms with Crippen molar-refractivity contribution in [2.75, 3.05) is 5.73 Å². The number of aromatic carboxylic acids is 1. The molecule has 0 amide bonds. The summed E-state index contributed by atoms with van der Waals surface area (Å²) in [5.74, 6) is -0.867. The first kappa shape index (κ1) is 15.2. The molecule has 2 aromatic rings. The van der Waals surface area contributed by atoms with Crippen molar-refractivity contribution >= 4 is 23.3 Å². The van der Waals surface area contributed by atoms with Crippen molar-refractivity contribution in [3.8, 4) is 5.75 Å². The Hall–Kier alpha value is -2.21. The van der Waals surface area contributed by atoms with E-state index in [9.17, 15) is 4.79 Å². The van der Waals surface area contributed by atoms with Crippen LogP contribution in [0.4, 0.5) is 5.69 Å². The van der Waals surface area contributed by atoms with Crippen LogP contribution in [0.5, 0.6) is 5.75 Å². The average molecular weight is 310 g/mol. The number of carbonyl (C=O) groups is 1. The van der Waals surface area contributed by atoms with Crippen LogP contribution in [0.25, 0.3) is 0 Å². The predicted octanol–water partition coefficient (Wildman–Crippen LogP) is 2.50. The fraction of sp³-hybridized carbons (Fsp3) is 0.286. The number of carboxylic acids is 1. The quantitative estimate of drug-likeness (QED) is 0.828. The zero-order valence-corrected chi connectivity index (χ0v) is 12.5. The largest absolute Gasteiger partial charge is 0.486 e. The normalized spacial score (nSPS) is 10.6. The van der Waals surface area contributed by atoms with Gasteiger partial charge in [0.2, 0.25) is 0 Å². The Morgan fingerprint density at radius 3 is 2.81 bits per heavy atom. The van der Waals surface area contributed by atoms with Gasteiger partial charge in [-0.2, -0.15) is 5.10 Å². The maximum absolute atomic E-state index is 11.2. The van der Waals surface area contributed by atoms with E-state index in [0.717, 1.165) is 5.69 Å². The lowest BCUT2D eigenvalue weighted by Crippen LogP contribution is -2.07. The molecule has 0 spiro atoms. The Morgan fingerprint density at radius 2 is 2.24 bits per heavy atom. The topological polar surface area (TPSA) is 90.4 Å². The first-order valence-electron chi connectivity index (χ1n) is 6.39. The fourth-order valence-electron chi connectivity index (χ4n) is 1.96. The Balaban J connectivity index is 2.26. The van der Waals surface area contributed by atoms with Gasteiger partial charge >= 0.3 is 5.97 Å². The molecule has 1 aromatic heterocycles. The Bertz CT molecular complexity index is 682. The van der Waals surface area contributed by atoms with Crippen LogP contribution in [0.2, 0.25) is 5.02 Å². The van der Waals surface area contributed by atoms with Crippen LogP contribution in [0, 0.1) is 0 Å². The number of hydrogen-bond acceptors (Lipinski definition) is 4. The van der Waals surface area contributed by atoms with E-state index >= 15 is 0 Å². The molecule has 0 radical (unpaired) electrons. The van der Waals surface area contributed by atoms with E-state index in [2.05, 4.69) is 5.10 Å². The summed E-state index contributed by atoms with van der Waals surface area (Å²) >= 11 is 6.23. The molecule has 0 unspecified atom stereocenters. The van der Waals surface area contributed by atoms with Crippen LogP contribution in [0.3, 0.4) is 0 Å². The summed E-state index contributed by atoms with van der Waals surface area (Å²) < 4.78 is 7.21. The van der Waals surface area contributed by atoms with Gasteiger partial charge in [-0.15, -0.1) is 0 Å². The van der Waals surface area contributed by atoms with E-state index in [1.807, 2.05) is 6.92 Å². The summed E-state index contributed by atoms with van der Waals surface area (Å²) in [4.78, 5) is 11.2. The SMILES string of the molecule is CCc1nn(C)c(COc2cc(N)ccc2C(=O)O)c1Cl. The third-order valence-corrected chi connectivity index (χ3v) is 3.54. The summed E-state index contributed by atoms with van der Waals surface area (Å²) in [5.41, 5.74) is 7.62. The summed E-state index contributed by atoms with van der Waals surface area (Å²) in [6.45, 7) is 2.07. The Morgan fingerprint density at radius 1 is 1.52 bits per heavy atom. The second kappa shape index (κ2) is 6.05. The minimum Gasteiger partial charge on any atom is -0.486 e. The smallest absolute Gasteiger partial charge is 0.339 e. The highest BCUT2D eigenvalue weighted by Gasteiger charge is 2.16. The number of halogens is 1. The molecule has 0 saturated carbocycles. The molecule has 1 aromatic carbocycles. The van der Waals surface area contributed by atoms with Gasteiger partial charge in [-0.1, -0.05) is 18.5 Å². The fourth-order valence-corrected chi connectivity index (χ4v) is 2.31. The van der Waals surface area contributed by atoms with Gasteiger partial charge in [-0.05, 0) is 18.6 Å². The van der Waals surface area contributed by atoms with Crippen LogP contribution in [-0.2, 0) is 20.1 Å². The molecular weight excluding hydrogens is 294 g/mol. The van der Waals surface area contributed by atoms with Gasteiger partial charge in [0.25, 0.3) is 0 Å². The van der Waals surface area contributed by atoms with E-state index in [1.165, 1.54) is 18.2 Å². The van der Waals surface area contributed by atoms with Crippen molar-refractivity contribution in [2.45, 2.75) is 20.0 Å². The van der Waals surface area contributed by atoms with Gasteiger partial charge in [-0.3, -0.25) is 4.68 Å². The molecular formula is C14H16ClN3O3. The maximum atomic E-state index is 11.2. The second-order valence-electron chi connectivity index (χ2n) is 4.53. The lowest BCUT2D eigenvalue weighted by atomic mass is 10.2. The van der Waals surface area contributed by atoms with E-state index in [-0.39, 0.29) is 17.9 Å². The van der Waals surface area contributed by atoms with Crippen LogP contribution in [-0.4, -0.2) is 20.9 Å². The highest BCUT2D eigenvalue weighted by Crippen LogP contribution is 2.26. The van der Waals surface area contributed by atoms with Crippen LogP contribution >= 0.6 is 11.6 Å². The molecule has 0 bridgehead atoms. The van der Waals surface area contributed by atoms with Crippen molar-refractivity contribution < 1.29 is 14.6 Å². The van der Waals surface area contributed by atoms with Crippen LogP contribution in [0.1, 0.15) is 28.7 Å². The molecule has 112 valence electrons. The predicted molar refractivity (Wildman–Crippen MR) is 79.7 cm³/mol. The van der Waals surface area contributed by atoms with Gasteiger partial charge in [0.1, 0.15) is 17.9 Å². The number of nitrogens with two attached hydrogens (primary N) is 1. The number of rotatable bonds is 5. The number of nitrogen functional groups attached to an aromatic ring is 1. The third-order valence-electron chi connectivity index (χ3n) is 3.10. The van der Waals surface area contributed by atoms with E-state index in [1.54, 1.807) is 11.7 Å². The zero-order chi connectivity index (χ0) is 15.6.